The van der Waals surface area contributed by atoms with Crippen LogP contribution in [0.1, 0.15) is 38.3 Å². The van der Waals surface area contributed by atoms with E-state index in [2.05, 4.69) is 30.2 Å². The molecule has 0 radical (unpaired) electrons. The Hall–Kier alpha value is -0.800. The number of aromatic nitrogens is 1. The van der Waals surface area contributed by atoms with E-state index < -0.39 is 0 Å². The number of rotatable bonds is 5. The summed E-state index contributed by atoms with van der Waals surface area (Å²) in [6.45, 7) is 4.13. The van der Waals surface area contributed by atoms with Crippen molar-refractivity contribution in [1.29, 1.82) is 0 Å². The lowest BCUT2D eigenvalue weighted by molar-refractivity contribution is 0.411. The quantitative estimate of drug-likeness (QED) is 0.671. The lowest BCUT2D eigenvalue weighted by atomic mass is 9.94. The van der Waals surface area contributed by atoms with E-state index in [0.717, 1.165) is 12.8 Å². The lowest BCUT2D eigenvalue weighted by Crippen LogP contribution is -2.33. The first-order valence-corrected chi connectivity index (χ1v) is 5.12. The molecule has 0 aliphatic heterocycles. The van der Waals surface area contributed by atoms with Crippen LogP contribution in [0.2, 0.25) is 0 Å². The number of H-pyrrole nitrogens is 1. The van der Waals surface area contributed by atoms with Crippen LogP contribution >= 0.6 is 0 Å². The highest BCUT2D eigenvalue weighted by Crippen LogP contribution is 2.20. The molecule has 3 heteroatoms. The van der Waals surface area contributed by atoms with E-state index in [4.69, 9.17) is 5.73 Å². The maximum atomic E-state index is 5.96. The minimum absolute atomic E-state index is 0.0780. The van der Waals surface area contributed by atoms with Gasteiger partial charge in [0.05, 0.1) is 0 Å². The van der Waals surface area contributed by atoms with E-state index >= 15 is 0 Å². The van der Waals surface area contributed by atoms with Crippen molar-refractivity contribution in [2.24, 2.45) is 5.73 Å². The zero-order valence-corrected chi connectivity index (χ0v) is 9.30. The van der Waals surface area contributed by atoms with Gasteiger partial charge in [0.1, 0.15) is 0 Å². The van der Waals surface area contributed by atoms with Gasteiger partial charge in [-0.15, -0.1) is 0 Å². The molecule has 1 heterocycles. The van der Waals surface area contributed by atoms with Gasteiger partial charge in [-0.1, -0.05) is 0 Å². The number of nitrogens with two attached hydrogens (primary N) is 1. The van der Waals surface area contributed by atoms with Gasteiger partial charge < -0.3 is 16.0 Å². The third-order valence-electron chi connectivity index (χ3n) is 2.45. The predicted octanol–water partition coefficient (Wildman–Crippen LogP) is 1.79. The van der Waals surface area contributed by atoms with E-state index in [1.54, 1.807) is 0 Å². The Morgan fingerprint density at radius 1 is 1.57 bits per heavy atom. The molecule has 1 unspecified atom stereocenters. The van der Waals surface area contributed by atoms with Crippen LogP contribution in [0.15, 0.2) is 18.5 Å². The van der Waals surface area contributed by atoms with E-state index in [1.807, 2.05) is 19.4 Å². The number of aromatic amines is 1. The van der Waals surface area contributed by atoms with Gasteiger partial charge in [-0.3, -0.25) is 0 Å². The van der Waals surface area contributed by atoms with Crippen molar-refractivity contribution in [2.45, 2.75) is 38.3 Å². The summed E-state index contributed by atoms with van der Waals surface area (Å²) >= 11 is 0. The average molecular weight is 195 g/mol. The van der Waals surface area contributed by atoms with Crippen molar-refractivity contribution in [3.63, 3.8) is 0 Å². The van der Waals surface area contributed by atoms with E-state index in [9.17, 15) is 0 Å². The molecule has 0 aliphatic rings. The van der Waals surface area contributed by atoms with E-state index in [0.29, 0.717) is 6.04 Å². The summed E-state index contributed by atoms with van der Waals surface area (Å²) in [5.74, 6) is 0. The van der Waals surface area contributed by atoms with Crippen LogP contribution in [-0.4, -0.2) is 17.6 Å². The molecule has 3 nitrogen and oxygen atoms in total. The fraction of sp³-hybridized carbons (Fsp3) is 0.636. The first kappa shape index (κ1) is 11.3. The third-order valence-corrected chi connectivity index (χ3v) is 2.45. The molecule has 1 atom stereocenters. The summed E-state index contributed by atoms with van der Waals surface area (Å²) in [5, 5.41) is 3.30. The van der Waals surface area contributed by atoms with Crippen molar-refractivity contribution in [3.05, 3.63) is 24.0 Å². The van der Waals surface area contributed by atoms with Crippen molar-refractivity contribution >= 4 is 0 Å². The second-order valence-electron chi connectivity index (χ2n) is 4.51. The molecule has 0 aliphatic carbocycles. The Kier molecular flexibility index (Phi) is 3.72. The molecule has 4 N–H and O–H groups in total. The first-order chi connectivity index (χ1) is 6.53. The lowest BCUT2D eigenvalue weighted by Gasteiger charge is -2.22. The number of hydrogen-bond acceptors (Lipinski definition) is 2. The molecule has 0 saturated heterocycles. The standard InChI is InChI=1S/C11H21N3/c1-11(2,12)6-4-10(13-3)9-5-7-14-8-9/h5,7-8,10,13-14H,4,6,12H2,1-3H3. The van der Waals surface area contributed by atoms with Gasteiger partial charge >= 0.3 is 0 Å². The molecule has 14 heavy (non-hydrogen) atoms. The molecule has 1 aromatic rings. The summed E-state index contributed by atoms with van der Waals surface area (Å²) in [4.78, 5) is 3.07. The van der Waals surface area contributed by atoms with Gasteiger partial charge in [0.2, 0.25) is 0 Å². The van der Waals surface area contributed by atoms with Crippen molar-refractivity contribution in [2.75, 3.05) is 7.05 Å². The molecule has 80 valence electrons. The second-order valence-corrected chi connectivity index (χ2v) is 4.51. The summed E-state index contributed by atoms with van der Waals surface area (Å²) in [6, 6.07) is 2.51. The van der Waals surface area contributed by atoms with Crippen molar-refractivity contribution in [3.8, 4) is 0 Å². The molecular weight excluding hydrogens is 174 g/mol. The summed E-state index contributed by atoms with van der Waals surface area (Å²) in [5.41, 5.74) is 7.18. The fourth-order valence-corrected chi connectivity index (χ4v) is 1.55. The van der Waals surface area contributed by atoms with Crippen LogP contribution in [0.25, 0.3) is 0 Å². The SMILES string of the molecule is CNC(CCC(C)(C)N)c1cc[nH]c1. The molecular formula is C11H21N3. The summed E-state index contributed by atoms with van der Waals surface area (Å²) in [7, 11) is 1.99. The van der Waals surface area contributed by atoms with Crippen molar-refractivity contribution < 1.29 is 0 Å². The molecule has 0 amide bonds. The third kappa shape index (κ3) is 3.52. The average Bonchev–Trinajstić information content (AvgIpc) is 2.56. The van der Waals surface area contributed by atoms with Crippen LogP contribution in [0.5, 0.6) is 0 Å². The smallest absolute Gasteiger partial charge is 0.0333 e. The van der Waals surface area contributed by atoms with Crippen molar-refractivity contribution in [1.82, 2.24) is 10.3 Å². The molecule has 0 aromatic carbocycles. The molecule has 0 bridgehead atoms. The van der Waals surface area contributed by atoms with Gasteiger partial charge in [0.15, 0.2) is 0 Å². The summed E-state index contributed by atoms with van der Waals surface area (Å²) in [6.07, 6.45) is 6.07. The Balaban J connectivity index is 2.49. The molecule has 0 saturated carbocycles. The van der Waals surface area contributed by atoms with E-state index in [-0.39, 0.29) is 5.54 Å². The number of nitrogens with one attached hydrogen (secondary N) is 2. The highest BCUT2D eigenvalue weighted by atomic mass is 14.9. The van der Waals surface area contributed by atoms with Crippen LogP contribution in [-0.2, 0) is 0 Å². The van der Waals surface area contributed by atoms with Gasteiger partial charge in [0, 0.05) is 24.0 Å². The molecule has 0 spiro atoms. The van der Waals surface area contributed by atoms with Crippen LogP contribution in [0.3, 0.4) is 0 Å². The highest BCUT2D eigenvalue weighted by Gasteiger charge is 2.15. The normalized spacial score (nSPS) is 14.3. The Morgan fingerprint density at radius 3 is 2.71 bits per heavy atom. The molecule has 0 fully saturated rings. The first-order valence-electron chi connectivity index (χ1n) is 5.12. The topological polar surface area (TPSA) is 53.8 Å². The summed E-state index contributed by atoms with van der Waals surface area (Å²) < 4.78 is 0. The predicted molar refractivity (Wildman–Crippen MR) is 60.1 cm³/mol. The zero-order chi connectivity index (χ0) is 10.6. The zero-order valence-electron chi connectivity index (χ0n) is 9.30. The minimum atomic E-state index is -0.0780. The highest BCUT2D eigenvalue weighted by molar-refractivity contribution is 5.13. The van der Waals surface area contributed by atoms with Gasteiger partial charge in [-0.05, 0) is 45.4 Å². The Labute approximate surface area is 86.1 Å². The number of hydrogen-bond donors (Lipinski definition) is 3. The van der Waals surface area contributed by atoms with Crippen LogP contribution < -0.4 is 11.1 Å². The monoisotopic (exact) mass is 195 g/mol. The van der Waals surface area contributed by atoms with Gasteiger partial charge in [-0.2, -0.15) is 0 Å². The maximum Gasteiger partial charge on any atom is 0.0333 e. The fourth-order valence-electron chi connectivity index (χ4n) is 1.55. The van der Waals surface area contributed by atoms with Gasteiger partial charge in [0.25, 0.3) is 0 Å². The molecule has 1 rings (SSSR count). The van der Waals surface area contributed by atoms with Crippen LogP contribution in [0.4, 0.5) is 0 Å². The second kappa shape index (κ2) is 4.62. The van der Waals surface area contributed by atoms with Gasteiger partial charge in [-0.25, -0.2) is 0 Å². The van der Waals surface area contributed by atoms with Crippen LogP contribution in [0, 0.1) is 0 Å². The van der Waals surface area contributed by atoms with E-state index in [1.165, 1.54) is 5.56 Å². The Bertz CT molecular complexity index is 246. The Morgan fingerprint density at radius 2 is 2.29 bits per heavy atom. The molecule has 1 aromatic heterocycles. The largest absolute Gasteiger partial charge is 0.367 e. The minimum Gasteiger partial charge on any atom is -0.367 e. The maximum absolute atomic E-state index is 5.96.